The number of hydrogen-bond acceptors (Lipinski definition) is 5. The van der Waals surface area contributed by atoms with Gasteiger partial charge in [-0.05, 0) is 12.1 Å². The molecule has 0 aliphatic heterocycles. The van der Waals surface area contributed by atoms with Gasteiger partial charge in [-0.3, -0.25) is 14.4 Å². The molecule has 0 radical (unpaired) electrons. The molecule has 24 heavy (non-hydrogen) atoms. The number of Topliss-reactive ketones (excluding diaryl/α,β-unsaturated/α-hetero) is 1. The normalized spacial score (nSPS) is 10.5. The summed E-state index contributed by atoms with van der Waals surface area (Å²) in [6, 6.07) is 3.63. The molecule has 10 heteroatoms. The molecule has 0 aliphatic rings. The molecule has 0 fully saturated rings. The topological polar surface area (TPSA) is 88.2 Å². The second kappa shape index (κ2) is 8.18. The van der Waals surface area contributed by atoms with Gasteiger partial charge in [-0.15, -0.1) is 11.3 Å². The van der Waals surface area contributed by atoms with Crippen molar-refractivity contribution >= 4 is 63.0 Å². The maximum atomic E-state index is 13.9. The van der Waals surface area contributed by atoms with Gasteiger partial charge in [0.2, 0.25) is 5.91 Å². The van der Waals surface area contributed by atoms with Gasteiger partial charge in [-0.1, -0.05) is 29.3 Å². The van der Waals surface area contributed by atoms with Crippen LogP contribution in [0.4, 0.5) is 15.2 Å². The summed E-state index contributed by atoms with van der Waals surface area (Å²) in [6.07, 6.45) is 0.953. The second-order valence-electron chi connectivity index (χ2n) is 4.44. The zero-order chi connectivity index (χ0) is 17.7. The standard InChI is InChI=1S/C14H10Cl2FN3O3S/c15-12(16)13(23)20-11-7(2-1-3-8(11)17)9(21)6-10(22)19-14-18-4-5-24-14/h1-5,12H,6H2,(H,20,23)(H,18,19,22). The zero-order valence-corrected chi connectivity index (χ0v) is 14.2. The van der Waals surface area contributed by atoms with Gasteiger partial charge in [0.25, 0.3) is 5.91 Å². The van der Waals surface area contributed by atoms with Gasteiger partial charge in [-0.2, -0.15) is 0 Å². The molecular formula is C14H10Cl2FN3O3S. The third kappa shape index (κ3) is 4.73. The van der Waals surface area contributed by atoms with Crippen LogP contribution in [0.15, 0.2) is 29.8 Å². The summed E-state index contributed by atoms with van der Waals surface area (Å²) in [5, 5.41) is 6.58. The molecule has 1 heterocycles. The van der Waals surface area contributed by atoms with Crippen LogP contribution < -0.4 is 10.6 Å². The van der Waals surface area contributed by atoms with Gasteiger partial charge >= 0.3 is 0 Å². The summed E-state index contributed by atoms with van der Waals surface area (Å²) < 4.78 is 13.9. The number of anilines is 2. The predicted molar refractivity (Wildman–Crippen MR) is 90.2 cm³/mol. The molecule has 0 atom stereocenters. The van der Waals surface area contributed by atoms with Crippen molar-refractivity contribution < 1.29 is 18.8 Å². The molecule has 2 aromatic rings. The Hall–Kier alpha value is -2.03. The Bertz CT molecular complexity index is 769. The summed E-state index contributed by atoms with van der Waals surface area (Å²) in [7, 11) is 0. The van der Waals surface area contributed by atoms with Crippen LogP contribution in [0, 0.1) is 5.82 Å². The van der Waals surface area contributed by atoms with Crippen LogP contribution in [0.1, 0.15) is 16.8 Å². The van der Waals surface area contributed by atoms with Crippen LogP contribution >= 0.6 is 34.5 Å². The molecule has 0 spiro atoms. The van der Waals surface area contributed by atoms with Gasteiger partial charge in [-0.25, -0.2) is 9.37 Å². The van der Waals surface area contributed by atoms with Gasteiger partial charge < -0.3 is 10.6 Å². The fraction of sp³-hybridized carbons (Fsp3) is 0.143. The number of benzene rings is 1. The minimum atomic E-state index is -1.43. The maximum Gasteiger partial charge on any atom is 0.257 e. The number of amides is 2. The van der Waals surface area contributed by atoms with Crippen LogP contribution in [-0.4, -0.2) is 27.4 Å². The lowest BCUT2D eigenvalue weighted by Crippen LogP contribution is -2.22. The SMILES string of the molecule is O=C(CC(=O)c1cccc(F)c1NC(=O)C(Cl)Cl)Nc1nccs1. The molecule has 0 saturated heterocycles. The Morgan fingerprint density at radius 2 is 2.00 bits per heavy atom. The van der Waals surface area contributed by atoms with Crippen molar-refractivity contribution in [3.8, 4) is 0 Å². The van der Waals surface area contributed by atoms with Crippen molar-refractivity contribution in [3.63, 3.8) is 0 Å². The first-order valence-electron chi connectivity index (χ1n) is 6.48. The lowest BCUT2D eigenvalue weighted by molar-refractivity contribution is -0.115. The number of nitrogens with zero attached hydrogens (tertiary/aromatic N) is 1. The number of para-hydroxylation sites is 1. The van der Waals surface area contributed by atoms with E-state index in [2.05, 4.69) is 15.6 Å². The average Bonchev–Trinajstić information content (AvgIpc) is 3.01. The zero-order valence-electron chi connectivity index (χ0n) is 11.9. The first-order chi connectivity index (χ1) is 11.4. The number of carbonyl (C=O) groups is 3. The van der Waals surface area contributed by atoms with Crippen LogP contribution in [0.3, 0.4) is 0 Å². The number of ketones is 1. The first kappa shape index (κ1) is 18.3. The summed E-state index contributed by atoms with van der Waals surface area (Å²) in [5.74, 6) is -3.02. The Balaban J connectivity index is 2.15. The van der Waals surface area contributed by atoms with Crippen molar-refractivity contribution in [3.05, 3.63) is 41.2 Å². The van der Waals surface area contributed by atoms with E-state index in [4.69, 9.17) is 23.2 Å². The summed E-state index contributed by atoms with van der Waals surface area (Å²) in [4.78, 5) is 38.0. The van der Waals surface area contributed by atoms with Crippen LogP contribution in [0.25, 0.3) is 0 Å². The number of rotatable bonds is 6. The van der Waals surface area contributed by atoms with E-state index < -0.39 is 34.7 Å². The number of hydrogen-bond donors (Lipinski definition) is 2. The first-order valence-corrected chi connectivity index (χ1v) is 8.24. The minimum Gasteiger partial charge on any atom is -0.321 e. The third-order valence-electron chi connectivity index (χ3n) is 2.76. The molecule has 0 aliphatic carbocycles. The minimum absolute atomic E-state index is 0.161. The molecule has 1 aromatic heterocycles. The van der Waals surface area contributed by atoms with E-state index in [-0.39, 0.29) is 11.3 Å². The third-order valence-corrected chi connectivity index (χ3v) is 3.85. The fourth-order valence-electron chi connectivity index (χ4n) is 1.75. The smallest absolute Gasteiger partial charge is 0.257 e. The van der Waals surface area contributed by atoms with Crippen molar-refractivity contribution in [2.45, 2.75) is 11.3 Å². The van der Waals surface area contributed by atoms with Gasteiger partial charge in [0.1, 0.15) is 5.82 Å². The highest BCUT2D eigenvalue weighted by Crippen LogP contribution is 2.23. The molecule has 0 unspecified atom stereocenters. The molecule has 1 aromatic carbocycles. The number of nitrogens with one attached hydrogen (secondary N) is 2. The van der Waals surface area contributed by atoms with Crippen molar-refractivity contribution in [2.75, 3.05) is 10.6 Å². The van der Waals surface area contributed by atoms with E-state index in [1.54, 1.807) is 5.38 Å². The monoisotopic (exact) mass is 389 g/mol. The average molecular weight is 390 g/mol. The molecule has 2 amide bonds. The van der Waals surface area contributed by atoms with E-state index in [1.807, 2.05) is 0 Å². The van der Waals surface area contributed by atoms with Gasteiger partial charge in [0.15, 0.2) is 15.8 Å². The number of carbonyl (C=O) groups excluding carboxylic acids is 3. The van der Waals surface area contributed by atoms with E-state index in [0.29, 0.717) is 5.13 Å². The lowest BCUT2D eigenvalue weighted by Gasteiger charge is -2.11. The Labute approximate surface area is 150 Å². The molecule has 0 saturated carbocycles. The van der Waals surface area contributed by atoms with E-state index in [9.17, 15) is 18.8 Å². The molecule has 126 valence electrons. The molecule has 6 nitrogen and oxygen atoms in total. The van der Waals surface area contributed by atoms with Crippen molar-refractivity contribution in [1.82, 2.24) is 4.98 Å². The quantitative estimate of drug-likeness (QED) is 0.450. The number of thiazole rings is 1. The highest BCUT2D eigenvalue weighted by Gasteiger charge is 2.21. The van der Waals surface area contributed by atoms with Crippen LogP contribution in [0.5, 0.6) is 0 Å². The Morgan fingerprint density at radius 3 is 2.62 bits per heavy atom. The van der Waals surface area contributed by atoms with Gasteiger partial charge in [0, 0.05) is 17.1 Å². The Morgan fingerprint density at radius 1 is 1.25 bits per heavy atom. The highest BCUT2D eigenvalue weighted by atomic mass is 35.5. The molecule has 2 rings (SSSR count). The summed E-state index contributed by atoms with van der Waals surface area (Å²) >= 11 is 12.0. The predicted octanol–water partition coefficient (Wildman–Crippen LogP) is 3.24. The Kier molecular flexibility index (Phi) is 6.24. The van der Waals surface area contributed by atoms with E-state index in [0.717, 1.165) is 6.07 Å². The number of halogens is 3. The van der Waals surface area contributed by atoms with E-state index >= 15 is 0 Å². The van der Waals surface area contributed by atoms with Crippen molar-refractivity contribution in [2.24, 2.45) is 0 Å². The number of aromatic nitrogens is 1. The molecule has 0 bridgehead atoms. The fourth-order valence-corrected chi connectivity index (χ4v) is 2.41. The van der Waals surface area contributed by atoms with Crippen LogP contribution in [0.2, 0.25) is 0 Å². The lowest BCUT2D eigenvalue weighted by atomic mass is 10.1. The molecular weight excluding hydrogens is 380 g/mol. The maximum absolute atomic E-state index is 13.9. The number of alkyl halides is 2. The van der Waals surface area contributed by atoms with Crippen molar-refractivity contribution in [1.29, 1.82) is 0 Å². The summed E-state index contributed by atoms with van der Waals surface area (Å²) in [6.45, 7) is 0. The van der Waals surface area contributed by atoms with Crippen LogP contribution in [-0.2, 0) is 9.59 Å². The van der Waals surface area contributed by atoms with Gasteiger partial charge in [0.05, 0.1) is 12.1 Å². The summed E-state index contributed by atoms with van der Waals surface area (Å²) in [5.41, 5.74) is -0.535. The highest BCUT2D eigenvalue weighted by molar-refractivity contribution is 7.13. The second-order valence-corrected chi connectivity index (χ2v) is 6.43. The molecule has 2 N–H and O–H groups in total. The van der Waals surface area contributed by atoms with E-state index in [1.165, 1.54) is 29.7 Å². The largest absolute Gasteiger partial charge is 0.321 e.